The number of benzene rings is 5. The van der Waals surface area contributed by atoms with Gasteiger partial charge < -0.3 is 23.9 Å². The van der Waals surface area contributed by atoms with Gasteiger partial charge in [0.15, 0.2) is 11.7 Å². The van der Waals surface area contributed by atoms with E-state index >= 15 is 8.78 Å². The van der Waals surface area contributed by atoms with Gasteiger partial charge in [-0.1, -0.05) is 66.2 Å². The molecule has 0 bridgehead atoms. The van der Waals surface area contributed by atoms with Gasteiger partial charge in [0.2, 0.25) is 5.89 Å². The van der Waals surface area contributed by atoms with Gasteiger partial charge in [0, 0.05) is 28.6 Å². The number of methoxy groups -OCH3 is 2. The first kappa shape index (κ1) is 35.8. The molecule has 272 valence electrons. The number of fused-ring (bicyclic) bond motifs is 1. The summed E-state index contributed by atoms with van der Waals surface area (Å²) in [5, 5.41) is 3.55. The quantitative estimate of drug-likeness (QED) is 0.117. The number of nitrogens with one attached hydrogen (secondary N) is 1. The summed E-state index contributed by atoms with van der Waals surface area (Å²) in [5.41, 5.74) is -1.68. The van der Waals surface area contributed by atoms with Crippen molar-refractivity contribution in [1.29, 1.82) is 0 Å². The standard InChI is InChI=1S/C40H31ClF5N3O4/c1-50-29-14-9-26(10-15-29)39(25-6-4-3-5-7-25,27-11-16-30(51-2)17-12-27)49-37-48-38(23-42,22-35(53-37)40(44,45)46)31-20-24(8-18-32(31)43)36-47-33-19-13-28(41)21-34(33)52-36/h3-21,35H,22-23H2,1-2H3,(H,48,49)/t35?,38-/m1/s1. The third kappa shape index (κ3) is 6.74. The Labute approximate surface area is 306 Å². The molecule has 5 aromatic carbocycles. The van der Waals surface area contributed by atoms with E-state index in [1.807, 2.05) is 0 Å². The van der Waals surface area contributed by atoms with Crippen LogP contribution in [-0.4, -0.2) is 44.2 Å². The summed E-state index contributed by atoms with van der Waals surface area (Å²) in [7, 11) is 3.02. The molecule has 1 unspecified atom stereocenters. The molecule has 7 rings (SSSR count). The van der Waals surface area contributed by atoms with E-state index in [4.69, 9.17) is 30.2 Å². The summed E-state index contributed by atoms with van der Waals surface area (Å²) in [6.45, 7) is -1.50. The lowest BCUT2D eigenvalue weighted by atomic mass is 9.77. The minimum Gasteiger partial charge on any atom is -0.497 e. The summed E-state index contributed by atoms with van der Waals surface area (Å²) >= 11 is 6.10. The lowest BCUT2D eigenvalue weighted by Gasteiger charge is -2.42. The third-order valence-corrected chi connectivity index (χ3v) is 9.53. The Balaban J connectivity index is 1.43. The molecular weight excluding hydrogens is 717 g/mol. The molecule has 0 saturated heterocycles. The van der Waals surface area contributed by atoms with Crippen LogP contribution in [0.25, 0.3) is 22.6 Å². The maximum Gasteiger partial charge on any atom is 0.425 e. The zero-order valence-corrected chi connectivity index (χ0v) is 29.0. The van der Waals surface area contributed by atoms with Crippen LogP contribution in [0, 0.1) is 5.82 Å². The van der Waals surface area contributed by atoms with Crippen LogP contribution in [0.2, 0.25) is 5.02 Å². The maximum absolute atomic E-state index is 15.9. The van der Waals surface area contributed by atoms with Crippen molar-refractivity contribution in [2.45, 2.75) is 29.8 Å². The largest absolute Gasteiger partial charge is 0.497 e. The van der Waals surface area contributed by atoms with Gasteiger partial charge in [-0.05, 0) is 71.3 Å². The van der Waals surface area contributed by atoms with Gasteiger partial charge in [0.25, 0.3) is 6.02 Å². The molecule has 0 aliphatic carbocycles. The molecule has 0 spiro atoms. The van der Waals surface area contributed by atoms with Crippen LogP contribution < -0.4 is 14.8 Å². The number of aliphatic imine (C=N–C) groups is 1. The SMILES string of the molecule is COc1ccc(C(NC2=N[C@](CF)(c3cc(-c4nc5ccc(Cl)cc5o4)ccc3F)CC(C(F)(F)F)O2)(c2ccccc2)c2ccc(OC)cc2)cc1. The normalized spacial score (nSPS) is 17.6. The van der Waals surface area contributed by atoms with E-state index in [9.17, 15) is 13.2 Å². The van der Waals surface area contributed by atoms with Gasteiger partial charge in [-0.15, -0.1) is 0 Å². The Kier molecular flexibility index (Phi) is 9.50. The van der Waals surface area contributed by atoms with Crippen LogP contribution in [-0.2, 0) is 15.8 Å². The number of ether oxygens (including phenoxy) is 3. The molecule has 0 fully saturated rings. The predicted octanol–water partition coefficient (Wildman–Crippen LogP) is 9.76. The van der Waals surface area contributed by atoms with Crippen molar-refractivity contribution >= 4 is 28.7 Å². The van der Waals surface area contributed by atoms with Crippen LogP contribution >= 0.6 is 11.6 Å². The molecule has 13 heteroatoms. The number of hydrogen-bond acceptors (Lipinski definition) is 7. The summed E-state index contributed by atoms with van der Waals surface area (Å²) in [6.07, 6.45) is -8.62. The predicted molar refractivity (Wildman–Crippen MR) is 190 cm³/mol. The minimum atomic E-state index is -4.99. The van der Waals surface area contributed by atoms with E-state index in [1.54, 1.807) is 97.1 Å². The smallest absolute Gasteiger partial charge is 0.425 e. The Morgan fingerprint density at radius 2 is 1.45 bits per heavy atom. The number of nitrogens with zero attached hydrogens (tertiary/aromatic N) is 2. The summed E-state index contributed by atoms with van der Waals surface area (Å²) in [4.78, 5) is 8.91. The van der Waals surface area contributed by atoms with Crippen LogP contribution in [0.1, 0.15) is 28.7 Å². The van der Waals surface area contributed by atoms with Crippen molar-refractivity contribution in [3.05, 3.63) is 148 Å². The highest BCUT2D eigenvalue weighted by Crippen LogP contribution is 2.45. The molecule has 1 aliphatic heterocycles. The number of aromatic nitrogens is 1. The molecule has 0 amide bonds. The maximum atomic E-state index is 15.9. The van der Waals surface area contributed by atoms with Crippen LogP contribution in [0.4, 0.5) is 22.0 Å². The number of alkyl halides is 4. The third-order valence-electron chi connectivity index (χ3n) is 9.29. The van der Waals surface area contributed by atoms with Crippen LogP contribution in [0.3, 0.4) is 0 Å². The molecule has 0 radical (unpaired) electrons. The topological polar surface area (TPSA) is 78.1 Å². The number of oxazole rings is 1. The molecule has 1 aliphatic rings. The van der Waals surface area contributed by atoms with Gasteiger partial charge in [0.1, 0.15) is 40.6 Å². The summed E-state index contributed by atoms with van der Waals surface area (Å²) < 4.78 is 98.1. The fraction of sp³-hybridized carbons (Fsp3) is 0.200. The lowest BCUT2D eigenvalue weighted by molar-refractivity contribution is -0.210. The zero-order valence-electron chi connectivity index (χ0n) is 28.3. The molecule has 2 heterocycles. The van der Waals surface area contributed by atoms with Gasteiger partial charge in [-0.3, -0.25) is 0 Å². The second-order valence-electron chi connectivity index (χ2n) is 12.5. The monoisotopic (exact) mass is 747 g/mol. The number of halogens is 6. The average molecular weight is 748 g/mol. The van der Waals surface area contributed by atoms with Gasteiger partial charge in [0.05, 0.1) is 14.2 Å². The van der Waals surface area contributed by atoms with Crippen molar-refractivity contribution in [1.82, 2.24) is 10.3 Å². The molecule has 2 atom stereocenters. The highest BCUT2D eigenvalue weighted by atomic mass is 35.5. The van der Waals surface area contributed by atoms with E-state index < -0.39 is 53.9 Å². The van der Waals surface area contributed by atoms with Crippen molar-refractivity contribution in [2.75, 3.05) is 20.9 Å². The highest BCUT2D eigenvalue weighted by molar-refractivity contribution is 6.31. The minimum absolute atomic E-state index is 0.0291. The van der Waals surface area contributed by atoms with Crippen LogP contribution in [0.15, 0.2) is 125 Å². The number of rotatable bonds is 9. The molecule has 6 aromatic rings. The molecule has 53 heavy (non-hydrogen) atoms. The van der Waals surface area contributed by atoms with Gasteiger partial charge in [-0.2, -0.15) is 13.2 Å². The van der Waals surface area contributed by atoms with E-state index in [0.29, 0.717) is 44.3 Å². The van der Waals surface area contributed by atoms with Crippen LogP contribution in [0.5, 0.6) is 11.5 Å². The van der Waals surface area contributed by atoms with E-state index in [1.165, 1.54) is 26.4 Å². The van der Waals surface area contributed by atoms with Crippen molar-refractivity contribution < 1.29 is 40.6 Å². The van der Waals surface area contributed by atoms with E-state index in [2.05, 4.69) is 15.3 Å². The lowest BCUT2D eigenvalue weighted by Crippen LogP contribution is -2.55. The second kappa shape index (κ2) is 14.1. The average Bonchev–Trinajstić information content (AvgIpc) is 3.60. The molecule has 7 nitrogen and oxygen atoms in total. The fourth-order valence-electron chi connectivity index (χ4n) is 6.60. The Morgan fingerprint density at radius 3 is 2.04 bits per heavy atom. The molecule has 1 N–H and O–H groups in total. The van der Waals surface area contributed by atoms with E-state index in [-0.39, 0.29) is 11.5 Å². The van der Waals surface area contributed by atoms with Crippen molar-refractivity contribution in [3.63, 3.8) is 0 Å². The van der Waals surface area contributed by atoms with E-state index in [0.717, 1.165) is 6.07 Å². The highest BCUT2D eigenvalue weighted by Gasteiger charge is 2.53. The Morgan fingerprint density at radius 1 is 0.830 bits per heavy atom. The van der Waals surface area contributed by atoms with Crippen molar-refractivity contribution in [2.24, 2.45) is 4.99 Å². The molecule has 0 saturated carbocycles. The number of hydrogen-bond donors (Lipinski definition) is 1. The summed E-state index contributed by atoms with van der Waals surface area (Å²) in [5.74, 6) is 0.114. The Bertz CT molecular complexity index is 2220. The molecule has 1 aromatic heterocycles. The zero-order chi connectivity index (χ0) is 37.4. The first-order valence-electron chi connectivity index (χ1n) is 16.4. The first-order chi connectivity index (χ1) is 25.5. The summed E-state index contributed by atoms with van der Waals surface area (Å²) in [6, 6.07) is 30.4. The number of amidine groups is 1. The van der Waals surface area contributed by atoms with Gasteiger partial charge >= 0.3 is 6.18 Å². The van der Waals surface area contributed by atoms with Gasteiger partial charge in [-0.25, -0.2) is 18.8 Å². The Hall–Kier alpha value is -5.62. The first-order valence-corrected chi connectivity index (χ1v) is 16.7. The molecular formula is C40H31ClF5N3O4. The van der Waals surface area contributed by atoms with Crippen molar-refractivity contribution in [3.8, 4) is 23.0 Å². The fourth-order valence-corrected chi connectivity index (χ4v) is 6.76. The second-order valence-corrected chi connectivity index (χ2v) is 12.9.